The van der Waals surface area contributed by atoms with Crippen molar-refractivity contribution in [3.8, 4) is 11.3 Å². The molecule has 1 amide bonds. The number of carbonyl (C=O) groups is 1. The van der Waals surface area contributed by atoms with Gasteiger partial charge >= 0.3 is 0 Å². The quantitative estimate of drug-likeness (QED) is 0.798. The third kappa shape index (κ3) is 3.17. The zero-order chi connectivity index (χ0) is 16.6. The third-order valence-electron chi connectivity index (χ3n) is 3.87. The molecular weight excluding hydrogens is 308 g/mol. The van der Waals surface area contributed by atoms with E-state index >= 15 is 0 Å². The van der Waals surface area contributed by atoms with E-state index in [0.29, 0.717) is 10.8 Å². The van der Waals surface area contributed by atoms with Crippen LogP contribution in [0.1, 0.15) is 27.3 Å². The van der Waals surface area contributed by atoms with Crippen molar-refractivity contribution < 1.29 is 4.79 Å². The summed E-state index contributed by atoms with van der Waals surface area (Å²) in [5, 5.41) is 9.50. The van der Waals surface area contributed by atoms with Crippen molar-refractivity contribution in [2.24, 2.45) is 7.05 Å². The zero-order valence-electron chi connectivity index (χ0n) is 13.5. The molecule has 0 radical (unpaired) electrons. The number of nitrogens with zero attached hydrogens (tertiary/aromatic N) is 3. The Kier molecular flexibility index (Phi) is 4.00. The maximum Gasteiger partial charge on any atom is 0.277 e. The van der Waals surface area contributed by atoms with Gasteiger partial charge in [0.2, 0.25) is 0 Å². The first-order valence-corrected chi connectivity index (χ1v) is 8.17. The number of hydrogen-bond donors (Lipinski definition) is 1. The largest absolute Gasteiger partial charge is 0.296 e. The van der Waals surface area contributed by atoms with Crippen LogP contribution in [0.2, 0.25) is 0 Å². The van der Waals surface area contributed by atoms with Crippen molar-refractivity contribution in [3.63, 3.8) is 0 Å². The minimum Gasteiger partial charge on any atom is -0.296 e. The first-order valence-electron chi connectivity index (χ1n) is 7.29. The van der Waals surface area contributed by atoms with E-state index in [4.69, 9.17) is 0 Å². The molecule has 5 nitrogen and oxygen atoms in total. The molecule has 0 bridgehead atoms. The topological polar surface area (TPSA) is 59.8 Å². The smallest absolute Gasteiger partial charge is 0.277 e. The van der Waals surface area contributed by atoms with Crippen LogP contribution >= 0.6 is 11.3 Å². The van der Waals surface area contributed by atoms with Crippen molar-refractivity contribution >= 4 is 22.4 Å². The monoisotopic (exact) mass is 326 g/mol. The molecule has 1 aromatic carbocycles. The molecule has 0 saturated heterocycles. The number of aromatic nitrogens is 3. The van der Waals surface area contributed by atoms with E-state index in [1.54, 1.807) is 10.7 Å². The second-order valence-corrected chi connectivity index (χ2v) is 6.44. The Bertz CT molecular complexity index is 859. The lowest BCUT2D eigenvalue weighted by molar-refractivity contribution is 0.102. The van der Waals surface area contributed by atoms with Gasteiger partial charge in [0.1, 0.15) is 0 Å². The van der Waals surface area contributed by atoms with Gasteiger partial charge in [-0.25, -0.2) is 4.98 Å². The highest BCUT2D eigenvalue weighted by atomic mass is 32.1. The van der Waals surface area contributed by atoms with Crippen LogP contribution in [0.5, 0.6) is 0 Å². The number of benzene rings is 1. The normalized spacial score (nSPS) is 10.8. The van der Waals surface area contributed by atoms with Gasteiger partial charge in [-0.3, -0.25) is 14.8 Å². The standard InChI is InChI=1S/C17H18N4OS/c1-10-5-6-13(7-11(10)2)15-9-23-17(18-15)19-16(22)14-8-12(3)21(4)20-14/h5-9H,1-4H3,(H,18,19,22). The molecular formula is C17H18N4OS. The first kappa shape index (κ1) is 15.4. The van der Waals surface area contributed by atoms with E-state index in [1.165, 1.54) is 22.5 Å². The van der Waals surface area contributed by atoms with Gasteiger partial charge in [0.25, 0.3) is 5.91 Å². The summed E-state index contributed by atoms with van der Waals surface area (Å²) >= 11 is 1.41. The van der Waals surface area contributed by atoms with Crippen LogP contribution in [-0.4, -0.2) is 20.7 Å². The molecule has 0 aliphatic carbocycles. The van der Waals surface area contributed by atoms with Crippen molar-refractivity contribution in [2.75, 3.05) is 5.32 Å². The minimum atomic E-state index is -0.241. The second kappa shape index (κ2) is 5.96. The molecule has 1 N–H and O–H groups in total. The first-order chi connectivity index (χ1) is 10.9. The van der Waals surface area contributed by atoms with Crippen LogP contribution in [0.25, 0.3) is 11.3 Å². The highest BCUT2D eigenvalue weighted by Gasteiger charge is 2.13. The fraction of sp³-hybridized carbons (Fsp3) is 0.235. The van der Waals surface area contributed by atoms with Crippen LogP contribution in [0.3, 0.4) is 0 Å². The summed E-state index contributed by atoms with van der Waals surface area (Å²) in [7, 11) is 1.81. The second-order valence-electron chi connectivity index (χ2n) is 5.59. The van der Waals surface area contributed by atoms with Gasteiger partial charge in [-0.15, -0.1) is 11.3 Å². The SMILES string of the molecule is Cc1ccc(-c2csc(NC(=O)c3cc(C)n(C)n3)n2)cc1C. The van der Waals surface area contributed by atoms with E-state index in [9.17, 15) is 4.79 Å². The lowest BCUT2D eigenvalue weighted by Gasteiger charge is -2.02. The molecule has 2 aromatic heterocycles. The molecule has 3 rings (SSSR count). The Morgan fingerprint density at radius 3 is 2.61 bits per heavy atom. The van der Waals surface area contributed by atoms with Crippen molar-refractivity contribution in [1.29, 1.82) is 0 Å². The fourth-order valence-electron chi connectivity index (χ4n) is 2.20. The minimum absolute atomic E-state index is 0.241. The Morgan fingerprint density at radius 2 is 1.96 bits per heavy atom. The molecule has 0 saturated carbocycles. The Morgan fingerprint density at radius 1 is 1.17 bits per heavy atom. The molecule has 3 aromatic rings. The van der Waals surface area contributed by atoms with E-state index in [1.807, 2.05) is 25.4 Å². The number of amides is 1. The number of hydrogen-bond acceptors (Lipinski definition) is 4. The number of aryl methyl sites for hydroxylation is 4. The lowest BCUT2D eigenvalue weighted by atomic mass is 10.1. The van der Waals surface area contributed by atoms with Gasteiger partial charge in [0.05, 0.1) is 5.69 Å². The van der Waals surface area contributed by atoms with Gasteiger partial charge in [-0.05, 0) is 44.0 Å². The summed E-state index contributed by atoms with van der Waals surface area (Å²) in [6.45, 7) is 6.07. The van der Waals surface area contributed by atoms with Gasteiger partial charge in [0, 0.05) is 23.7 Å². The summed E-state index contributed by atoms with van der Waals surface area (Å²) in [4.78, 5) is 16.7. The Balaban J connectivity index is 1.79. The fourth-order valence-corrected chi connectivity index (χ4v) is 2.91. The van der Waals surface area contributed by atoms with Crippen LogP contribution in [0, 0.1) is 20.8 Å². The molecule has 6 heteroatoms. The third-order valence-corrected chi connectivity index (χ3v) is 4.63. The number of thiazole rings is 1. The molecule has 0 spiro atoms. The van der Waals surface area contributed by atoms with Crippen LogP contribution in [-0.2, 0) is 7.05 Å². The number of nitrogens with one attached hydrogen (secondary N) is 1. The summed E-state index contributed by atoms with van der Waals surface area (Å²) in [5.74, 6) is -0.241. The average Bonchev–Trinajstić information content (AvgIpc) is 3.10. The summed E-state index contributed by atoms with van der Waals surface area (Å²) < 4.78 is 1.68. The summed E-state index contributed by atoms with van der Waals surface area (Å²) in [6, 6.07) is 8.00. The van der Waals surface area contributed by atoms with Crippen molar-refractivity contribution in [3.05, 3.63) is 52.2 Å². The van der Waals surface area contributed by atoms with Gasteiger partial charge in [0.15, 0.2) is 10.8 Å². The lowest BCUT2D eigenvalue weighted by Crippen LogP contribution is -2.12. The number of carbonyl (C=O) groups excluding carboxylic acids is 1. The van der Waals surface area contributed by atoms with Crippen LogP contribution < -0.4 is 5.32 Å². The van der Waals surface area contributed by atoms with E-state index in [2.05, 4.69) is 41.4 Å². The summed E-state index contributed by atoms with van der Waals surface area (Å²) in [6.07, 6.45) is 0. The number of anilines is 1. The Labute approximate surface area is 139 Å². The van der Waals surface area contributed by atoms with E-state index in [0.717, 1.165) is 17.0 Å². The summed E-state index contributed by atoms with van der Waals surface area (Å²) in [5.41, 5.74) is 5.73. The predicted octanol–water partition coefficient (Wildman–Crippen LogP) is 3.72. The van der Waals surface area contributed by atoms with Crippen molar-refractivity contribution in [1.82, 2.24) is 14.8 Å². The predicted molar refractivity (Wildman–Crippen MR) is 92.9 cm³/mol. The molecule has 0 aliphatic rings. The molecule has 0 atom stereocenters. The average molecular weight is 326 g/mol. The number of rotatable bonds is 3. The van der Waals surface area contributed by atoms with Crippen LogP contribution in [0.15, 0.2) is 29.6 Å². The van der Waals surface area contributed by atoms with E-state index in [-0.39, 0.29) is 5.91 Å². The molecule has 0 unspecified atom stereocenters. The molecule has 118 valence electrons. The van der Waals surface area contributed by atoms with Crippen molar-refractivity contribution in [2.45, 2.75) is 20.8 Å². The van der Waals surface area contributed by atoms with Gasteiger partial charge in [-0.2, -0.15) is 5.10 Å². The maximum atomic E-state index is 12.2. The zero-order valence-corrected chi connectivity index (χ0v) is 14.4. The van der Waals surface area contributed by atoms with Gasteiger partial charge < -0.3 is 0 Å². The highest BCUT2D eigenvalue weighted by Crippen LogP contribution is 2.26. The van der Waals surface area contributed by atoms with Crippen LogP contribution in [0.4, 0.5) is 5.13 Å². The Hall–Kier alpha value is -2.47. The van der Waals surface area contributed by atoms with Gasteiger partial charge in [-0.1, -0.05) is 12.1 Å². The molecule has 23 heavy (non-hydrogen) atoms. The molecule has 0 fully saturated rings. The van der Waals surface area contributed by atoms with E-state index < -0.39 is 0 Å². The molecule has 0 aliphatic heterocycles. The highest BCUT2D eigenvalue weighted by molar-refractivity contribution is 7.14. The molecule has 2 heterocycles. The maximum absolute atomic E-state index is 12.2.